The van der Waals surface area contributed by atoms with E-state index in [1.54, 1.807) is 30.3 Å². The van der Waals surface area contributed by atoms with Crippen LogP contribution in [-0.4, -0.2) is 17.9 Å². The molecule has 1 heterocycles. The van der Waals surface area contributed by atoms with E-state index in [4.69, 9.17) is 23.2 Å². The van der Waals surface area contributed by atoms with Crippen molar-refractivity contribution in [1.82, 2.24) is 10.6 Å². The van der Waals surface area contributed by atoms with Crippen molar-refractivity contribution >= 4 is 46.4 Å². The van der Waals surface area contributed by atoms with Gasteiger partial charge in [-0.3, -0.25) is 9.59 Å². The fourth-order valence-electron chi connectivity index (χ4n) is 2.11. The Bertz CT molecular complexity index is 717. The molecule has 0 aliphatic carbocycles. The van der Waals surface area contributed by atoms with Crippen LogP contribution in [0.15, 0.2) is 35.7 Å². The topological polar surface area (TPSA) is 58.2 Å². The smallest absolute Gasteiger partial charge is 0.262 e. The molecule has 0 saturated carbocycles. The number of amides is 2. The maximum absolute atomic E-state index is 12.4. The van der Waals surface area contributed by atoms with Crippen molar-refractivity contribution < 1.29 is 9.59 Å². The first-order chi connectivity index (χ1) is 11.4. The number of rotatable bonds is 6. The van der Waals surface area contributed by atoms with Gasteiger partial charge in [0.15, 0.2) is 0 Å². The van der Waals surface area contributed by atoms with E-state index in [-0.39, 0.29) is 24.3 Å². The molecule has 0 aliphatic rings. The minimum atomic E-state index is -0.620. The molecule has 2 N–H and O–H groups in total. The summed E-state index contributed by atoms with van der Waals surface area (Å²) in [5.41, 5.74) is 0.765. The molecule has 0 fully saturated rings. The Balaban J connectivity index is 2.00. The largest absolute Gasteiger partial charge is 0.350 e. The Morgan fingerprint density at radius 2 is 1.96 bits per heavy atom. The molecule has 0 spiro atoms. The number of carbonyl (C=O) groups is 2. The van der Waals surface area contributed by atoms with Crippen molar-refractivity contribution in [3.05, 3.63) is 56.2 Å². The van der Waals surface area contributed by atoms with Crippen molar-refractivity contribution in [2.45, 2.75) is 26.4 Å². The fourth-order valence-corrected chi connectivity index (χ4v) is 3.21. The number of hydrogen-bond donors (Lipinski definition) is 2. The van der Waals surface area contributed by atoms with Gasteiger partial charge in [0.2, 0.25) is 5.91 Å². The average Bonchev–Trinajstić information content (AvgIpc) is 3.05. The lowest BCUT2D eigenvalue weighted by Crippen LogP contribution is -2.49. The summed E-state index contributed by atoms with van der Waals surface area (Å²) in [4.78, 5) is 25.2. The van der Waals surface area contributed by atoms with E-state index in [0.29, 0.717) is 14.9 Å². The monoisotopic (exact) mass is 384 g/mol. The molecule has 0 aliphatic heterocycles. The summed E-state index contributed by atoms with van der Waals surface area (Å²) in [7, 11) is 0. The second-order valence-corrected chi connectivity index (χ2v) is 7.42. The van der Waals surface area contributed by atoms with E-state index in [1.165, 1.54) is 11.3 Å². The Kier molecular flexibility index (Phi) is 6.66. The molecule has 1 atom stereocenters. The van der Waals surface area contributed by atoms with Gasteiger partial charge >= 0.3 is 0 Å². The first kappa shape index (κ1) is 18.8. The summed E-state index contributed by atoms with van der Waals surface area (Å²) in [6.07, 6.45) is 0. The number of carbonyl (C=O) groups excluding carboxylic acids is 2. The maximum atomic E-state index is 12.4. The quantitative estimate of drug-likeness (QED) is 0.786. The molecule has 4 nitrogen and oxygen atoms in total. The molecular formula is C17H18Cl2N2O2S. The molecule has 1 aromatic carbocycles. The summed E-state index contributed by atoms with van der Waals surface area (Å²) >= 11 is 13.3. The Morgan fingerprint density at radius 3 is 2.54 bits per heavy atom. The molecule has 2 aromatic rings. The van der Waals surface area contributed by atoms with Gasteiger partial charge < -0.3 is 10.6 Å². The average molecular weight is 385 g/mol. The van der Waals surface area contributed by atoms with Crippen molar-refractivity contribution in [3.63, 3.8) is 0 Å². The minimum absolute atomic E-state index is 0.0467. The van der Waals surface area contributed by atoms with E-state index in [0.717, 1.165) is 5.56 Å². The third-order valence-electron chi connectivity index (χ3n) is 3.45. The number of halogens is 2. The number of hydrogen-bond acceptors (Lipinski definition) is 3. The molecule has 7 heteroatoms. The first-order valence-corrected chi connectivity index (χ1v) is 9.08. The van der Waals surface area contributed by atoms with Crippen LogP contribution < -0.4 is 10.6 Å². The normalized spacial score (nSPS) is 12.0. The highest BCUT2D eigenvalue weighted by Crippen LogP contribution is 2.20. The zero-order valence-electron chi connectivity index (χ0n) is 13.3. The van der Waals surface area contributed by atoms with Crippen molar-refractivity contribution in [3.8, 4) is 0 Å². The third kappa shape index (κ3) is 4.97. The van der Waals surface area contributed by atoms with E-state index >= 15 is 0 Å². The minimum Gasteiger partial charge on any atom is -0.350 e. The number of benzene rings is 1. The highest BCUT2D eigenvalue weighted by molar-refractivity contribution is 7.12. The van der Waals surface area contributed by atoms with Gasteiger partial charge in [-0.25, -0.2) is 0 Å². The summed E-state index contributed by atoms with van der Waals surface area (Å²) < 4.78 is 0. The van der Waals surface area contributed by atoms with Crippen LogP contribution in [0.25, 0.3) is 0 Å². The van der Waals surface area contributed by atoms with Crippen LogP contribution in [0.3, 0.4) is 0 Å². The van der Waals surface area contributed by atoms with Gasteiger partial charge in [0.25, 0.3) is 5.91 Å². The van der Waals surface area contributed by atoms with Gasteiger partial charge in [-0.1, -0.05) is 49.2 Å². The lowest BCUT2D eigenvalue weighted by atomic mass is 10.0. The SMILES string of the molecule is CC(C)[C@H](NC(=O)c1cccs1)C(=O)NCc1ccc(Cl)cc1Cl. The molecule has 0 unspecified atom stereocenters. The lowest BCUT2D eigenvalue weighted by molar-refractivity contribution is -0.124. The van der Waals surface area contributed by atoms with E-state index in [1.807, 2.05) is 19.2 Å². The standard InChI is InChI=1S/C17H18Cl2N2O2S/c1-10(2)15(21-16(22)14-4-3-7-24-14)17(23)20-9-11-5-6-12(18)8-13(11)19/h3-8,10,15H,9H2,1-2H3,(H,20,23)(H,21,22)/t15-/m0/s1. The maximum Gasteiger partial charge on any atom is 0.262 e. The number of thiophene rings is 1. The lowest BCUT2D eigenvalue weighted by Gasteiger charge is -2.21. The van der Waals surface area contributed by atoms with Gasteiger partial charge in [-0.15, -0.1) is 11.3 Å². The molecule has 1 aromatic heterocycles. The molecular weight excluding hydrogens is 367 g/mol. The molecule has 128 valence electrons. The molecule has 24 heavy (non-hydrogen) atoms. The molecule has 2 rings (SSSR count). The zero-order chi connectivity index (χ0) is 17.7. The van der Waals surface area contributed by atoms with Crippen LogP contribution in [0.4, 0.5) is 0 Å². The van der Waals surface area contributed by atoms with Crippen molar-refractivity contribution in [2.24, 2.45) is 5.92 Å². The molecule has 2 amide bonds. The van der Waals surface area contributed by atoms with E-state index < -0.39 is 6.04 Å². The summed E-state index contributed by atoms with van der Waals surface area (Å²) in [5, 5.41) is 8.45. The Morgan fingerprint density at radius 1 is 1.21 bits per heavy atom. The Labute approximate surface area is 155 Å². The van der Waals surface area contributed by atoms with Crippen LogP contribution in [0.2, 0.25) is 10.0 Å². The Hall–Kier alpha value is -1.56. The van der Waals surface area contributed by atoms with Crippen LogP contribution in [0.5, 0.6) is 0 Å². The van der Waals surface area contributed by atoms with E-state index in [9.17, 15) is 9.59 Å². The van der Waals surface area contributed by atoms with Crippen LogP contribution in [-0.2, 0) is 11.3 Å². The molecule has 0 bridgehead atoms. The highest BCUT2D eigenvalue weighted by atomic mass is 35.5. The van der Waals surface area contributed by atoms with E-state index in [2.05, 4.69) is 10.6 Å². The summed E-state index contributed by atoms with van der Waals surface area (Å²) in [6, 6.07) is 8.01. The zero-order valence-corrected chi connectivity index (χ0v) is 15.6. The predicted octanol–water partition coefficient (Wildman–Crippen LogP) is 4.13. The first-order valence-electron chi connectivity index (χ1n) is 7.44. The van der Waals surface area contributed by atoms with Crippen molar-refractivity contribution in [2.75, 3.05) is 0 Å². The van der Waals surface area contributed by atoms with Gasteiger partial charge in [0.1, 0.15) is 6.04 Å². The summed E-state index contributed by atoms with van der Waals surface area (Å²) in [6.45, 7) is 4.04. The van der Waals surface area contributed by atoms with Crippen LogP contribution in [0.1, 0.15) is 29.1 Å². The third-order valence-corrected chi connectivity index (χ3v) is 4.90. The van der Waals surface area contributed by atoms with Crippen molar-refractivity contribution in [1.29, 1.82) is 0 Å². The number of nitrogens with one attached hydrogen (secondary N) is 2. The van der Waals surface area contributed by atoms with Gasteiger partial charge in [-0.2, -0.15) is 0 Å². The predicted molar refractivity (Wildman–Crippen MR) is 98.7 cm³/mol. The molecule has 0 radical (unpaired) electrons. The molecule has 0 saturated heterocycles. The second-order valence-electron chi connectivity index (χ2n) is 5.63. The highest BCUT2D eigenvalue weighted by Gasteiger charge is 2.24. The van der Waals surface area contributed by atoms with Gasteiger partial charge in [-0.05, 0) is 35.1 Å². The summed E-state index contributed by atoms with van der Waals surface area (Å²) in [5.74, 6) is -0.543. The van der Waals surface area contributed by atoms with Gasteiger partial charge in [0.05, 0.1) is 4.88 Å². The fraction of sp³-hybridized carbons (Fsp3) is 0.294. The van der Waals surface area contributed by atoms with Crippen LogP contribution >= 0.6 is 34.5 Å². The second kappa shape index (κ2) is 8.51. The van der Waals surface area contributed by atoms with Crippen LogP contribution in [0, 0.1) is 5.92 Å². The van der Waals surface area contributed by atoms with Gasteiger partial charge in [0, 0.05) is 16.6 Å².